The molecule has 1 unspecified atom stereocenters. The summed E-state index contributed by atoms with van der Waals surface area (Å²) >= 11 is 0. The molecule has 0 bridgehead atoms. The maximum atomic E-state index is 4.95. The fraction of sp³-hybridized carbons (Fsp3) is 0.429. The molecule has 1 atom stereocenters. The van der Waals surface area contributed by atoms with Crippen LogP contribution >= 0.6 is 0 Å². The number of nitrogens with one attached hydrogen (secondary N) is 1. The second-order valence-electron chi connectivity index (χ2n) is 6.77. The lowest BCUT2D eigenvalue weighted by molar-refractivity contribution is 0.505. The highest BCUT2D eigenvalue weighted by Crippen LogP contribution is 2.33. The predicted molar refractivity (Wildman–Crippen MR) is 102 cm³/mol. The highest BCUT2D eigenvalue weighted by Gasteiger charge is 2.27. The van der Waals surface area contributed by atoms with Crippen molar-refractivity contribution in [2.75, 3.05) is 0 Å². The van der Waals surface area contributed by atoms with E-state index in [1.807, 2.05) is 12.4 Å². The van der Waals surface area contributed by atoms with Crippen molar-refractivity contribution >= 4 is 0 Å². The fourth-order valence-corrected chi connectivity index (χ4v) is 3.63. The zero-order chi connectivity index (χ0) is 17.8. The molecule has 3 rings (SSSR count). The number of aromatic amines is 1. The van der Waals surface area contributed by atoms with E-state index in [2.05, 4.69) is 72.7 Å². The Balaban J connectivity index is 2.13. The fourth-order valence-electron chi connectivity index (χ4n) is 3.63. The molecule has 4 nitrogen and oxygen atoms in total. The average Bonchev–Trinajstić information content (AvgIpc) is 3.28. The van der Waals surface area contributed by atoms with Gasteiger partial charge in [0.15, 0.2) is 0 Å². The minimum absolute atomic E-state index is 0.204. The highest BCUT2D eigenvalue weighted by molar-refractivity contribution is 5.37. The van der Waals surface area contributed by atoms with Gasteiger partial charge >= 0.3 is 0 Å². The molecule has 2 aromatic heterocycles. The molecule has 1 aromatic carbocycles. The third-order valence-corrected chi connectivity index (χ3v) is 4.77. The molecule has 0 fully saturated rings. The van der Waals surface area contributed by atoms with E-state index in [1.54, 1.807) is 0 Å². The minimum atomic E-state index is 0.204. The minimum Gasteiger partial charge on any atom is -0.348 e. The molecule has 25 heavy (non-hydrogen) atoms. The van der Waals surface area contributed by atoms with Crippen LogP contribution in [0, 0.1) is 0 Å². The van der Waals surface area contributed by atoms with E-state index in [-0.39, 0.29) is 5.92 Å². The molecular weight excluding hydrogens is 308 g/mol. The number of H-pyrrole nitrogens is 1. The van der Waals surface area contributed by atoms with Gasteiger partial charge in [0.1, 0.15) is 5.82 Å². The number of hydrogen-bond donors (Lipinski definition) is 1. The van der Waals surface area contributed by atoms with Gasteiger partial charge in [0.25, 0.3) is 0 Å². The zero-order valence-electron chi connectivity index (χ0n) is 15.7. The summed E-state index contributed by atoms with van der Waals surface area (Å²) in [7, 11) is 0. The topological polar surface area (TPSA) is 46.5 Å². The van der Waals surface area contributed by atoms with Crippen molar-refractivity contribution in [1.82, 2.24) is 19.7 Å². The van der Waals surface area contributed by atoms with Gasteiger partial charge in [-0.05, 0) is 38.7 Å². The van der Waals surface area contributed by atoms with Crippen LogP contribution in [0.25, 0.3) is 0 Å². The number of nitrogens with zero attached hydrogens (tertiary/aromatic N) is 3. The molecule has 4 heteroatoms. The van der Waals surface area contributed by atoms with Gasteiger partial charge in [-0.2, -0.15) is 5.10 Å². The summed E-state index contributed by atoms with van der Waals surface area (Å²) in [6.07, 6.45) is 6.60. The molecule has 0 saturated carbocycles. The molecule has 0 amide bonds. The van der Waals surface area contributed by atoms with E-state index in [0.29, 0.717) is 6.04 Å². The van der Waals surface area contributed by atoms with Crippen LogP contribution in [0.15, 0.2) is 42.7 Å². The maximum absolute atomic E-state index is 4.95. The van der Waals surface area contributed by atoms with Crippen LogP contribution in [0.5, 0.6) is 0 Å². The lowest BCUT2D eigenvalue weighted by Crippen LogP contribution is -2.12. The van der Waals surface area contributed by atoms with Crippen molar-refractivity contribution < 1.29 is 0 Å². The summed E-state index contributed by atoms with van der Waals surface area (Å²) < 4.78 is 2.20. The molecule has 3 aromatic rings. The first-order valence-corrected chi connectivity index (χ1v) is 9.29. The second-order valence-corrected chi connectivity index (χ2v) is 6.77. The van der Waals surface area contributed by atoms with E-state index in [0.717, 1.165) is 25.1 Å². The maximum Gasteiger partial charge on any atom is 0.114 e. The Labute approximate surface area is 150 Å². The first kappa shape index (κ1) is 17.5. The van der Waals surface area contributed by atoms with Crippen molar-refractivity contribution in [3.63, 3.8) is 0 Å². The summed E-state index contributed by atoms with van der Waals surface area (Å²) in [5.41, 5.74) is 5.22. The Kier molecular flexibility index (Phi) is 5.37. The number of aromatic nitrogens is 4. The van der Waals surface area contributed by atoms with Crippen molar-refractivity contribution in [2.24, 2.45) is 0 Å². The molecule has 0 aliphatic rings. The number of imidazole rings is 1. The van der Waals surface area contributed by atoms with E-state index >= 15 is 0 Å². The van der Waals surface area contributed by atoms with E-state index in [1.165, 1.54) is 22.5 Å². The molecule has 0 saturated heterocycles. The first-order valence-electron chi connectivity index (χ1n) is 9.29. The molecule has 0 radical (unpaired) electrons. The van der Waals surface area contributed by atoms with E-state index in [9.17, 15) is 0 Å². The molecule has 132 valence electrons. The third kappa shape index (κ3) is 3.53. The average molecular weight is 336 g/mol. The second kappa shape index (κ2) is 7.68. The Morgan fingerprint density at radius 3 is 2.40 bits per heavy atom. The smallest absolute Gasteiger partial charge is 0.114 e. The zero-order valence-corrected chi connectivity index (χ0v) is 15.7. The molecular formula is C21H28N4. The van der Waals surface area contributed by atoms with Crippen LogP contribution in [0.4, 0.5) is 0 Å². The SMILES string of the molecule is CCc1nn(C(C)C)c(CC)c1C(Cc1ccccc1)c1ncc[nH]1. The Bertz CT molecular complexity index is 785. The summed E-state index contributed by atoms with van der Waals surface area (Å²) in [4.78, 5) is 7.95. The van der Waals surface area contributed by atoms with E-state index in [4.69, 9.17) is 5.10 Å². The summed E-state index contributed by atoms with van der Waals surface area (Å²) in [6.45, 7) is 8.82. The van der Waals surface area contributed by atoms with Crippen molar-refractivity contribution in [1.29, 1.82) is 0 Å². The predicted octanol–water partition coefficient (Wildman–Crippen LogP) is 4.69. The van der Waals surface area contributed by atoms with E-state index < -0.39 is 0 Å². The molecule has 0 aliphatic carbocycles. The number of benzene rings is 1. The Morgan fingerprint density at radius 2 is 1.84 bits per heavy atom. The van der Waals surface area contributed by atoms with Gasteiger partial charge in [-0.1, -0.05) is 44.2 Å². The number of aryl methyl sites for hydroxylation is 1. The van der Waals surface area contributed by atoms with Crippen molar-refractivity contribution in [3.05, 3.63) is 71.1 Å². The lowest BCUT2D eigenvalue weighted by Gasteiger charge is -2.18. The normalized spacial score (nSPS) is 12.7. The number of rotatable bonds is 7. The van der Waals surface area contributed by atoms with Crippen LogP contribution in [0.1, 0.15) is 68.0 Å². The van der Waals surface area contributed by atoms with Crippen LogP contribution in [0.3, 0.4) is 0 Å². The van der Waals surface area contributed by atoms with Gasteiger partial charge in [0.05, 0.1) is 5.69 Å². The third-order valence-electron chi connectivity index (χ3n) is 4.77. The van der Waals surface area contributed by atoms with Gasteiger partial charge in [-0.25, -0.2) is 4.98 Å². The van der Waals surface area contributed by atoms with Crippen LogP contribution in [-0.2, 0) is 19.3 Å². The standard InChI is InChI=1S/C21H28N4/c1-5-18-20(19(6-2)25(24-18)15(3)4)17(21-22-12-13-23-21)14-16-10-8-7-9-11-16/h7-13,15,17H,5-6,14H2,1-4H3,(H,22,23). The lowest BCUT2D eigenvalue weighted by atomic mass is 9.88. The molecule has 0 aliphatic heterocycles. The van der Waals surface area contributed by atoms with Gasteiger partial charge in [0.2, 0.25) is 0 Å². The summed E-state index contributed by atoms with van der Waals surface area (Å²) in [6, 6.07) is 11.0. The van der Waals surface area contributed by atoms with Gasteiger partial charge in [-0.3, -0.25) is 4.68 Å². The van der Waals surface area contributed by atoms with Gasteiger partial charge in [-0.15, -0.1) is 0 Å². The van der Waals surface area contributed by atoms with Crippen LogP contribution < -0.4 is 0 Å². The van der Waals surface area contributed by atoms with Crippen LogP contribution in [-0.4, -0.2) is 19.7 Å². The Morgan fingerprint density at radius 1 is 1.08 bits per heavy atom. The number of hydrogen-bond acceptors (Lipinski definition) is 2. The van der Waals surface area contributed by atoms with Crippen molar-refractivity contribution in [2.45, 2.75) is 58.9 Å². The molecule has 1 N–H and O–H groups in total. The van der Waals surface area contributed by atoms with Gasteiger partial charge < -0.3 is 4.98 Å². The van der Waals surface area contributed by atoms with Crippen molar-refractivity contribution in [3.8, 4) is 0 Å². The molecule has 0 spiro atoms. The first-order chi connectivity index (χ1) is 12.2. The summed E-state index contributed by atoms with van der Waals surface area (Å²) in [5.74, 6) is 1.23. The monoisotopic (exact) mass is 336 g/mol. The summed E-state index contributed by atoms with van der Waals surface area (Å²) in [5, 5.41) is 4.95. The highest BCUT2D eigenvalue weighted by atomic mass is 15.3. The van der Waals surface area contributed by atoms with Gasteiger partial charge in [0, 0.05) is 35.6 Å². The largest absolute Gasteiger partial charge is 0.348 e. The quantitative estimate of drug-likeness (QED) is 0.680. The van der Waals surface area contributed by atoms with Crippen LogP contribution in [0.2, 0.25) is 0 Å². The Hall–Kier alpha value is -2.36. The molecule has 2 heterocycles.